The molecule has 116 valence electrons. The molecule has 1 atom stereocenters. The van der Waals surface area contributed by atoms with Gasteiger partial charge in [0.15, 0.2) is 0 Å². The zero-order valence-electron chi connectivity index (χ0n) is 13.1. The summed E-state index contributed by atoms with van der Waals surface area (Å²) in [6, 6.07) is 5.98. The Morgan fingerprint density at radius 1 is 1.32 bits per heavy atom. The Labute approximate surface area is 133 Å². The summed E-state index contributed by atoms with van der Waals surface area (Å²) in [5.41, 5.74) is 2.02. The Kier molecular flexibility index (Phi) is 4.13. The van der Waals surface area contributed by atoms with Gasteiger partial charge in [-0.1, -0.05) is 0 Å². The molecule has 0 fully saturated rings. The van der Waals surface area contributed by atoms with Crippen LogP contribution < -0.4 is 10.1 Å². The van der Waals surface area contributed by atoms with Crippen LogP contribution in [0.1, 0.15) is 34.3 Å². The number of aromatic nitrogens is 2. The predicted molar refractivity (Wildman–Crippen MR) is 87.4 cm³/mol. The maximum atomic E-state index is 6.00. The lowest BCUT2D eigenvalue weighted by Gasteiger charge is -2.10. The van der Waals surface area contributed by atoms with Crippen LogP contribution in [0.2, 0.25) is 0 Å². The van der Waals surface area contributed by atoms with Gasteiger partial charge in [-0.2, -0.15) is 0 Å². The summed E-state index contributed by atoms with van der Waals surface area (Å²) in [6.45, 7) is 6.82. The molecule has 1 aromatic carbocycles. The van der Waals surface area contributed by atoms with Crippen LogP contribution in [-0.2, 0) is 6.54 Å². The van der Waals surface area contributed by atoms with Gasteiger partial charge in [0.25, 0.3) is 0 Å². The molecule has 0 aliphatic rings. The lowest BCUT2D eigenvalue weighted by molar-refractivity contribution is 0.415. The monoisotopic (exact) mass is 317 g/mol. The number of benzene rings is 1. The first-order valence-electron chi connectivity index (χ1n) is 7.18. The number of nitrogens with one attached hydrogen (secondary N) is 1. The summed E-state index contributed by atoms with van der Waals surface area (Å²) >= 11 is 1.61. The van der Waals surface area contributed by atoms with Crippen molar-refractivity contribution in [2.75, 3.05) is 7.11 Å². The van der Waals surface area contributed by atoms with Crippen LogP contribution in [-0.4, -0.2) is 17.3 Å². The van der Waals surface area contributed by atoms with E-state index in [2.05, 4.69) is 29.4 Å². The molecule has 2 heterocycles. The normalized spacial score (nSPS) is 12.7. The quantitative estimate of drug-likeness (QED) is 0.776. The van der Waals surface area contributed by atoms with Gasteiger partial charge in [-0.3, -0.25) is 0 Å². The summed E-state index contributed by atoms with van der Waals surface area (Å²) in [7, 11) is 1.67. The van der Waals surface area contributed by atoms with Crippen molar-refractivity contribution in [1.29, 1.82) is 0 Å². The molecule has 0 aliphatic carbocycles. The van der Waals surface area contributed by atoms with Gasteiger partial charge < -0.3 is 14.5 Å². The van der Waals surface area contributed by atoms with Crippen molar-refractivity contribution in [3.05, 3.63) is 39.5 Å². The molecule has 5 nitrogen and oxygen atoms in total. The lowest BCUT2D eigenvalue weighted by Crippen LogP contribution is -2.18. The smallest absolute Gasteiger partial charge is 0.134 e. The number of fused-ring (bicyclic) bond motifs is 1. The van der Waals surface area contributed by atoms with E-state index < -0.39 is 0 Å². The molecule has 6 heteroatoms. The third-order valence-electron chi connectivity index (χ3n) is 3.70. The topological polar surface area (TPSA) is 60.2 Å². The van der Waals surface area contributed by atoms with Crippen LogP contribution in [0.4, 0.5) is 0 Å². The van der Waals surface area contributed by atoms with Crippen molar-refractivity contribution in [1.82, 2.24) is 15.5 Å². The zero-order valence-corrected chi connectivity index (χ0v) is 14.0. The second-order valence-electron chi connectivity index (χ2n) is 5.27. The maximum absolute atomic E-state index is 6.00. The Morgan fingerprint density at radius 2 is 2.14 bits per heavy atom. The highest BCUT2D eigenvalue weighted by Gasteiger charge is 2.17. The van der Waals surface area contributed by atoms with Crippen LogP contribution in [0.15, 0.2) is 22.6 Å². The third-order valence-corrected chi connectivity index (χ3v) is 4.54. The van der Waals surface area contributed by atoms with Crippen LogP contribution in [0, 0.1) is 13.8 Å². The van der Waals surface area contributed by atoms with Gasteiger partial charge in [-0.25, -0.2) is 0 Å². The van der Waals surface area contributed by atoms with Crippen molar-refractivity contribution < 1.29 is 9.15 Å². The van der Waals surface area contributed by atoms with Gasteiger partial charge in [0, 0.05) is 10.9 Å². The first-order valence-corrected chi connectivity index (χ1v) is 7.99. The fraction of sp³-hybridized carbons (Fsp3) is 0.375. The molecule has 0 bridgehead atoms. The van der Waals surface area contributed by atoms with E-state index in [0.29, 0.717) is 6.54 Å². The minimum atomic E-state index is 0.0996. The molecule has 1 N–H and O–H groups in total. The maximum Gasteiger partial charge on any atom is 0.134 e. The summed E-state index contributed by atoms with van der Waals surface area (Å²) in [5.74, 6) is 1.79. The highest BCUT2D eigenvalue weighted by atomic mass is 32.1. The molecule has 3 rings (SSSR count). The molecule has 22 heavy (non-hydrogen) atoms. The minimum Gasteiger partial charge on any atom is -0.497 e. The molecular formula is C16H19N3O2S. The number of ether oxygens (including phenoxy) is 1. The molecule has 2 aromatic heterocycles. The molecule has 0 saturated heterocycles. The van der Waals surface area contributed by atoms with E-state index >= 15 is 0 Å². The van der Waals surface area contributed by atoms with Crippen LogP contribution >= 0.6 is 11.3 Å². The van der Waals surface area contributed by atoms with E-state index in [4.69, 9.17) is 9.15 Å². The molecule has 0 radical (unpaired) electrons. The third kappa shape index (κ3) is 2.84. The highest BCUT2D eigenvalue weighted by molar-refractivity contribution is 7.11. The first kappa shape index (κ1) is 15.0. The van der Waals surface area contributed by atoms with Crippen LogP contribution in [0.25, 0.3) is 11.0 Å². The molecule has 0 saturated carbocycles. The zero-order chi connectivity index (χ0) is 15.7. The van der Waals surface area contributed by atoms with E-state index in [0.717, 1.165) is 38.1 Å². The first-order chi connectivity index (χ1) is 10.6. The van der Waals surface area contributed by atoms with E-state index in [1.807, 2.05) is 25.1 Å². The van der Waals surface area contributed by atoms with Crippen molar-refractivity contribution in [3.63, 3.8) is 0 Å². The fourth-order valence-electron chi connectivity index (χ4n) is 2.50. The predicted octanol–water partition coefficient (Wildman–Crippen LogP) is 3.76. The summed E-state index contributed by atoms with van der Waals surface area (Å²) in [6.07, 6.45) is 0. The molecule has 0 unspecified atom stereocenters. The number of rotatable bonds is 5. The van der Waals surface area contributed by atoms with Crippen molar-refractivity contribution in [2.45, 2.75) is 33.4 Å². The second-order valence-corrected chi connectivity index (χ2v) is 6.54. The average molecular weight is 317 g/mol. The Balaban J connectivity index is 1.81. The Morgan fingerprint density at radius 3 is 2.82 bits per heavy atom. The summed E-state index contributed by atoms with van der Waals surface area (Å²) in [5, 5.41) is 14.7. The Bertz CT molecular complexity index is 794. The van der Waals surface area contributed by atoms with Gasteiger partial charge in [-0.15, -0.1) is 21.5 Å². The summed E-state index contributed by atoms with van der Waals surface area (Å²) < 4.78 is 11.3. The summed E-state index contributed by atoms with van der Waals surface area (Å²) in [4.78, 5) is 0. The van der Waals surface area contributed by atoms with Crippen LogP contribution in [0.5, 0.6) is 5.75 Å². The Hall–Kier alpha value is -1.92. The SMILES string of the molecule is COc1ccc2oc([C@@H](C)NCc3nnc(C)s3)c(C)c2c1. The van der Waals surface area contributed by atoms with Gasteiger partial charge >= 0.3 is 0 Å². The standard InChI is InChI=1S/C16H19N3O2S/c1-9-13-7-12(20-4)5-6-14(13)21-16(9)10(2)17-8-15-19-18-11(3)22-15/h5-7,10,17H,8H2,1-4H3/t10-/m1/s1. The molecule has 3 aromatic rings. The number of hydrogen-bond donors (Lipinski definition) is 1. The van der Waals surface area contributed by atoms with Gasteiger partial charge in [0.2, 0.25) is 0 Å². The van der Waals surface area contributed by atoms with Crippen molar-refractivity contribution in [2.24, 2.45) is 0 Å². The molecular weight excluding hydrogens is 298 g/mol. The highest BCUT2D eigenvalue weighted by Crippen LogP contribution is 2.32. The average Bonchev–Trinajstić information content (AvgIpc) is 3.08. The van der Waals surface area contributed by atoms with Crippen LogP contribution in [0.3, 0.4) is 0 Å². The minimum absolute atomic E-state index is 0.0996. The van der Waals surface area contributed by atoms with E-state index in [1.54, 1.807) is 18.4 Å². The number of methoxy groups -OCH3 is 1. The number of aryl methyl sites for hydroxylation is 2. The number of nitrogens with zero attached hydrogens (tertiary/aromatic N) is 2. The number of furan rings is 1. The molecule has 0 aliphatic heterocycles. The van der Waals surface area contributed by atoms with Gasteiger partial charge in [0.1, 0.15) is 27.1 Å². The van der Waals surface area contributed by atoms with Gasteiger partial charge in [0.05, 0.1) is 19.7 Å². The molecule has 0 spiro atoms. The van der Waals surface area contributed by atoms with Gasteiger partial charge in [-0.05, 0) is 39.0 Å². The fourth-order valence-corrected chi connectivity index (χ4v) is 3.16. The van der Waals surface area contributed by atoms with Crippen molar-refractivity contribution >= 4 is 22.3 Å². The van der Waals surface area contributed by atoms with E-state index in [1.165, 1.54) is 0 Å². The van der Waals surface area contributed by atoms with E-state index in [-0.39, 0.29) is 6.04 Å². The second kappa shape index (κ2) is 6.06. The molecule has 0 amide bonds. The van der Waals surface area contributed by atoms with Crippen molar-refractivity contribution in [3.8, 4) is 5.75 Å². The lowest BCUT2D eigenvalue weighted by atomic mass is 10.1. The van der Waals surface area contributed by atoms with E-state index in [9.17, 15) is 0 Å². The number of hydrogen-bond acceptors (Lipinski definition) is 6. The largest absolute Gasteiger partial charge is 0.497 e.